The van der Waals surface area contributed by atoms with E-state index in [1.165, 1.54) is 17.2 Å². The van der Waals surface area contributed by atoms with Gasteiger partial charge in [0.15, 0.2) is 11.6 Å². The van der Waals surface area contributed by atoms with Crippen LogP contribution >= 0.6 is 0 Å². The molecule has 1 aliphatic carbocycles. The largest absolute Gasteiger partial charge is 0.507 e. The molecule has 3 N–H and O–H groups in total. The summed E-state index contributed by atoms with van der Waals surface area (Å²) in [6, 6.07) is 12.6. The maximum absolute atomic E-state index is 14.8. The summed E-state index contributed by atoms with van der Waals surface area (Å²) < 4.78 is 26.0. The Kier molecular flexibility index (Phi) is 7.81. The highest BCUT2D eigenvalue weighted by atomic mass is 19.1. The van der Waals surface area contributed by atoms with Crippen LogP contribution in [0, 0.1) is 5.82 Å². The molecule has 0 aliphatic heterocycles. The second kappa shape index (κ2) is 11.0. The Balaban J connectivity index is 1.64. The lowest BCUT2D eigenvalue weighted by molar-refractivity contribution is 0.236. The molecule has 0 atom stereocenters. The number of aryl methyl sites for hydroxylation is 1. The molecule has 3 aromatic rings. The van der Waals surface area contributed by atoms with Crippen LogP contribution in [0.4, 0.5) is 10.1 Å². The molecule has 0 fully saturated rings. The molecule has 0 saturated heterocycles. The van der Waals surface area contributed by atoms with Gasteiger partial charge in [0.2, 0.25) is 0 Å². The number of aromatic hydroxyl groups is 1. The van der Waals surface area contributed by atoms with Crippen LogP contribution < -0.4 is 15.2 Å². The van der Waals surface area contributed by atoms with Gasteiger partial charge in [-0.25, -0.2) is 4.39 Å². The predicted molar refractivity (Wildman–Crippen MR) is 139 cm³/mol. The third kappa shape index (κ3) is 5.38. The van der Waals surface area contributed by atoms with Crippen molar-refractivity contribution < 1.29 is 19.0 Å². The number of halogens is 1. The first kappa shape index (κ1) is 24.9. The number of methoxy groups -OCH3 is 1. The second-order valence-corrected chi connectivity index (χ2v) is 9.20. The molecule has 0 heterocycles. The Morgan fingerprint density at radius 2 is 1.83 bits per heavy atom. The Morgan fingerprint density at radius 3 is 2.57 bits per heavy atom. The molecule has 0 aromatic heterocycles. The molecule has 186 valence electrons. The standard InChI is InChI=1S/C29H35FN2O3/c1-4-32(2)15-16-35-27-13-9-19(18-24(27)30)17-23-26(34-3)14-11-22(29(23)31)28-21-8-6-5-7-20(21)10-12-25(28)33/h9-14,18,33H,4-8,15-17,31H2,1-3H3. The number of likely N-dealkylation sites (N-methyl/N-ethyl adjacent to an activating group) is 1. The molecule has 4 rings (SSSR count). The summed E-state index contributed by atoms with van der Waals surface area (Å²) in [5.74, 6) is 0.714. The lowest BCUT2D eigenvalue weighted by Gasteiger charge is -2.23. The van der Waals surface area contributed by atoms with Crippen molar-refractivity contribution in [2.24, 2.45) is 0 Å². The number of benzene rings is 3. The Labute approximate surface area is 207 Å². The second-order valence-electron chi connectivity index (χ2n) is 9.20. The lowest BCUT2D eigenvalue weighted by Crippen LogP contribution is -2.23. The molecule has 0 radical (unpaired) electrons. The van der Waals surface area contributed by atoms with E-state index in [2.05, 4.69) is 11.8 Å². The van der Waals surface area contributed by atoms with Crippen molar-refractivity contribution in [3.63, 3.8) is 0 Å². The van der Waals surface area contributed by atoms with Gasteiger partial charge < -0.3 is 25.2 Å². The van der Waals surface area contributed by atoms with Crippen LogP contribution in [0.15, 0.2) is 42.5 Å². The van der Waals surface area contributed by atoms with Crippen LogP contribution in [0.25, 0.3) is 11.1 Å². The van der Waals surface area contributed by atoms with E-state index < -0.39 is 5.82 Å². The van der Waals surface area contributed by atoms with Gasteiger partial charge in [0.1, 0.15) is 18.1 Å². The molecule has 0 saturated carbocycles. The van der Waals surface area contributed by atoms with Crippen molar-refractivity contribution in [2.45, 2.75) is 39.0 Å². The quantitative estimate of drug-likeness (QED) is 0.393. The molecule has 3 aromatic carbocycles. The zero-order valence-electron chi connectivity index (χ0n) is 20.9. The summed E-state index contributed by atoms with van der Waals surface area (Å²) in [6.07, 6.45) is 4.57. The number of fused-ring (bicyclic) bond motifs is 1. The predicted octanol–water partition coefficient (Wildman–Crippen LogP) is 5.59. The maximum atomic E-state index is 14.8. The fourth-order valence-electron chi connectivity index (χ4n) is 4.80. The van der Waals surface area contributed by atoms with E-state index in [1.807, 2.05) is 31.3 Å². The summed E-state index contributed by atoms with van der Waals surface area (Å²) in [6.45, 7) is 4.14. The monoisotopic (exact) mass is 478 g/mol. The Morgan fingerprint density at radius 1 is 1.06 bits per heavy atom. The summed E-state index contributed by atoms with van der Waals surface area (Å²) in [5.41, 5.74) is 12.8. The van der Waals surface area contributed by atoms with Crippen molar-refractivity contribution in [3.8, 4) is 28.4 Å². The van der Waals surface area contributed by atoms with Crippen molar-refractivity contribution >= 4 is 5.69 Å². The molecule has 5 nitrogen and oxygen atoms in total. The van der Waals surface area contributed by atoms with Crippen LogP contribution in [0.3, 0.4) is 0 Å². The zero-order chi connectivity index (χ0) is 24.9. The number of anilines is 1. The van der Waals surface area contributed by atoms with Gasteiger partial charge in [0.05, 0.1) is 7.11 Å². The number of phenols is 1. The number of nitrogens with two attached hydrogens (primary N) is 1. The molecule has 35 heavy (non-hydrogen) atoms. The van der Waals surface area contributed by atoms with Gasteiger partial charge in [-0.3, -0.25) is 0 Å². The molecule has 6 heteroatoms. The molecule has 1 aliphatic rings. The summed E-state index contributed by atoms with van der Waals surface area (Å²) in [7, 11) is 3.60. The van der Waals surface area contributed by atoms with Gasteiger partial charge in [-0.05, 0) is 86.3 Å². The fourth-order valence-corrected chi connectivity index (χ4v) is 4.80. The minimum absolute atomic E-state index is 0.231. The number of hydrogen-bond donors (Lipinski definition) is 2. The first-order chi connectivity index (χ1) is 16.9. The normalized spacial score (nSPS) is 13.1. The van der Waals surface area contributed by atoms with Crippen LogP contribution in [0.2, 0.25) is 0 Å². The van der Waals surface area contributed by atoms with Gasteiger partial charge in [0.25, 0.3) is 0 Å². The molecule has 0 bridgehead atoms. The van der Waals surface area contributed by atoms with Crippen LogP contribution in [0.5, 0.6) is 17.2 Å². The SMILES string of the molecule is CCN(C)CCOc1ccc(Cc2c(OC)ccc(-c3c(O)ccc4c3CCCC4)c2N)cc1F. The number of nitrogens with zero attached hydrogens (tertiary/aromatic N) is 1. The lowest BCUT2D eigenvalue weighted by atomic mass is 9.84. The Hall–Kier alpha value is -3.25. The Bertz CT molecular complexity index is 1200. The van der Waals surface area contributed by atoms with E-state index in [0.717, 1.165) is 61.0 Å². The van der Waals surface area contributed by atoms with Gasteiger partial charge >= 0.3 is 0 Å². The van der Waals surface area contributed by atoms with Gasteiger partial charge in [-0.15, -0.1) is 0 Å². The zero-order valence-corrected chi connectivity index (χ0v) is 20.9. The maximum Gasteiger partial charge on any atom is 0.165 e. The minimum Gasteiger partial charge on any atom is -0.507 e. The highest BCUT2D eigenvalue weighted by molar-refractivity contribution is 5.86. The molecule has 0 unspecified atom stereocenters. The summed E-state index contributed by atoms with van der Waals surface area (Å²) >= 11 is 0. The fraction of sp³-hybridized carbons (Fsp3) is 0.379. The van der Waals surface area contributed by atoms with Gasteiger partial charge in [-0.2, -0.15) is 0 Å². The minimum atomic E-state index is -0.398. The van der Waals surface area contributed by atoms with E-state index in [-0.39, 0.29) is 11.5 Å². The number of rotatable bonds is 9. The summed E-state index contributed by atoms with van der Waals surface area (Å²) in [5, 5.41) is 10.8. The molecular formula is C29H35FN2O3. The molecule has 0 spiro atoms. The number of phenolic OH excluding ortho intramolecular Hbond substituents is 1. The van der Waals surface area contributed by atoms with Gasteiger partial charge in [0, 0.05) is 35.3 Å². The number of hydrogen-bond acceptors (Lipinski definition) is 5. The highest BCUT2D eigenvalue weighted by Crippen LogP contribution is 2.43. The third-order valence-electron chi connectivity index (χ3n) is 6.96. The van der Waals surface area contributed by atoms with E-state index in [9.17, 15) is 9.50 Å². The smallest absolute Gasteiger partial charge is 0.165 e. The van der Waals surface area contributed by atoms with E-state index in [1.54, 1.807) is 19.2 Å². The van der Waals surface area contributed by atoms with Crippen molar-refractivity contribution in [3.05, 3.63) is 70.5 Å². The third-order valence-corrected chi connectivity index (χ3v) is 6.96. The van der Waals surface area contributed by atoms with Gasteiger partial charge in [-0.1, -0.05) is 19.1 Å². The first-order valence-electron chi connectivity index (χ1n) is 12.3. The van der Waals surface area contributed by atoms with Crippen molar-refractivity contribution in [1.29, 1.82) is 0 Å². The van der Waals surface area contributed by atoms with Crippen LogP contribution in [0.1, 0.15) is 42.0 Å². The topological polar surface area (TPSA) is 68.0 Å². The average molecular weight is 479 g/mol. The average Bonchev–Trinajstić information content (AvgIpc) is 2.86. The molecular weight excluding hydrogens is 443 g/mol. The van der Waals surface area contributed by atoms with E-state index in [4.69, 9.17) is 15.2 Å². The first-order valence-corrected chi connectivity index (χ1v) is 12.3. The van der Waals surface area contributed by atoms with Crippen molar-refractivity contribution in [2.75, 3.05) is 39.6 Å². The van der Waals surface area contributed by atoms with E-state index in [0.29, 0.717) is 24.5 Å². The van der Waals surface area contributed by atoms with Crippen LogP contribution in [-0.4, -0.2) is 43.9 Å². The highest BCUT2D eigenvalue weighted by Gasteiger charge is 2.22. The van der Waals surface area contributed by atoms with Crippen LogP contribution in [-0.2, 0) is 19.3 Å². The molecule has 0 amide bonds. The van der Waals surface area contributed by atoms with E-state index >= 15 is 0 Å². The number of ether oxygens (including phenoxy) is 2. The summed E-state index contributed by atoms with van der Waals surface area (Å²) in [4.78, 5) is 2.11. The van der Waals surface area contributed by atoms with Crippen molar-refractivity contribution in [1.82, 2.24) is 4.90 Å². The number of nitrogen functional groups attached to an aromatic ring is 1.